The summed E-state index contributed by atoms with van der Waals surface area (Å²) >= 11 is 0. The molecule has 1 aromatic carbocycles. The van der Waals surface area contributed by atoms with Crippen LogP contribution in [0.15, 0.2) is 30.5 Å². The van der Waals surface area contributed by atoms with E-state index in [-0.39, 0.29) is 11.9 Å². The van der Waals surface area contributed by atoms with Gasteiger partial charge < -0.3 is 14.6 Å². The predicted molar refractivity (Wildman–Crippen MR) is 69.6 cm³/mol. The minimum atomic E-state index is 0.0916. The topological polar surface area (TPSA) is 45.3 Å². The molecule has 1 N–H and O–H groups in total. The van der Waals surface area contributed by atoms with Crippen molar-refractivity contribution >= 4 is 16.8 Å². The normalized spacial score (nSPS) is 20.3. The van der Waals surface area contributed by atoms with Crippen molar-refractivity contribution in [3.05, 3.63) is 36.0 Å². The highest BCUT2D eigenvalue weighted by atomic mass is 16.5. The molecule has 1 aliphatic rings. The molecule has 1 atom stereocenters. The van der Waals surface area contributed by atoms with Crippen molar-refractivity contribution in [3.63, 3.8) is 0 Å². The van der Waals surface area contributed by atoms with Crippen molar-refractivity contribution in [1.82, 2.24) is 9.88 Å². The molecule has 1 fully saturated rings. The van der Waals surface area contributed by atoms with Gasteiger partial charge in [-0.15, -0.1) is 0 Å². The van der Waals surface area contributed by atoms with E-state index in [1.165, 1.54) is 0 Å². The van der Waals surface area contributed by atoms with Crippen LogP contribution >= 0.6 is 0 Å². The summed E-state index contributed by atoms with van der Waals surface area (Å²) in [4.78, 5) is 17.5. The van der Waals surface area contributed by atoms with Crippen LogP contribution in [-0.2, 0) is 4.74 Å². The summed E-state index contributed by atoms with van der Waals surface area (Å²) in [6.45, 7) is 3.94. The average molecular weight is 244 g/mol. The number of ether oxygens (including phenoxy) is 1. The van der Waals surface area contributed by atoms with Gasteiger partial charge in [-0.05, 0) is 31.2 Å². The fraction of sp³-hybridized carbons (Fsp3) is 0.357. The van der Waals surface area contributed by atoms with Gasteiger partial charge >= 0.3 is 0 Å². The molecule has 0 radical (unpaired) electrons. The summed E-state index contributed by atoms with van der Waals surface area (Å²) in [7, 11) is 0. The van der Waals surface area contributed by atoms with E-state index < -0.39 is 0 Å². The van der Waals surface area contributed by atoms with Crippen molar-refractivity contribution in [2.75, 3.05) is 19.8 Å². The third-order valence-electron chi connectivity index (χ3n) is 3.43. The van der Waals surface area contributed by atoms with E-state index in [0.29, 0.717) is 19.8 Å². The van der Waals surface area contributed by atoms with E-state index in [1.807, 2.05) is 42.3 Å². The number of carbonyl (C=O) groups excluding carboxylic acids is 1. The molecule has 0 spiro atoms. The lowest BCUT2D eigenvalue weighted by Gasteiger charge is -2.33. The Morgan fingerprint density at radius 2 is 2.33 bits per heavy atom. The number of hydrogen-bond donors (Lipinski definition) is 1. The first kappa shape index (κ1) is 11.3. The van der Waals surface area contributed by atoms with Gasteiger partial charge in [0.25, 0.3) is 5.91 Å². The van der Waals surface area contributed by atoms with Gasteiger partial charge in [0.15, 0.2) is 0 Å². The molecule has 0 bridgehead atoms. The number of H-pyrrole nitrogens is 1. The third-order valence-corrected chi connectivity index (χ3v) is 3.43. The lowest BCUT2D eigenvalue weighted by atomic mass is 10.1. The zero-order valence-electron chi connectivity index (χ0n) is 10.3. The standard InChI is InChI=1S/C14H16N2O2/c1-10-9-18-7-6-16(10)14(17)12-2-3-13-11(8-12)4-5-15-13/h2-5,8,10,15H,6-7,9H2,1H3/t10-/m1/s1. The molecule has 0 saturated carbocycles. The monoisotopic (exact) mass is 244 g/mol. The van der Waals surface area contributed by atoms with Crippen LogP contribution in [-0.4, -0.2) is 41.6 Å². The summed E-state index contributed by atoms with van der Waals surface area (Å²) in [6, 6.07) is 7.90. The minimum Gasteiger partial charge on any atom is -0.377 e. The molecule has 94 valence electrons. The minimum absolute atomic E-state index is 0.0916. The van der Waals surface area contributed by atoms with E-state index in [4.69, 9.17) is 4.74 Å². The Kier molecular flexibility index (Phi) is 2.80. The smallest absolute Gasteiger partial charge is 0.254 e. The molecule has 3 rings (SSSR count). The summed E-state index contributed by atoms with van der Waals surface area (Å²) in [5.74, 6) is 0.0916. The number of carbonyl (C=O) groups is 1. The number of aromatic amines is 1. The van der Waals surface area contributed by atoms with Crippen molar-refractivity contribution in [2.24, 2.45) is 0 Å². The molecule has 0 aliphatic carbocycles. The van der Waals surface area contributed by atoms with Gasteiger partial charge in [0.05, 0.1) is 19.3 Å². The molecule has 1 saturated heterocycles. The third kappa shape index (κ3) is 1.88. The number of aromatic nitrogens is 1. The van der Waals surface area contributed by atoms with Gasteiger partial charge in [0, 0.05) is 29.2 Å². The van der Waals surface area contributed by atoms with Crippen LogP contribution in [0.4, 0.5) is 0 Å². The Labute approximate surface area is 106 Å². The fourth-order valence-electron chi connectivity index (χ4n) is 2.38. The lowest BCUT2D eigenvalue weighted by molar-refractivity contribution is 0.00360. The Morgan fingerprint density at radius 3 is 3.17 bits per heavy atom. The second kappa shape index (κ2) is 4.46. The van der Waals surface area contributed by atoms with Crippen LogP contribution in [0, 0.1) is 0 Å². The molecule has 2 heterocycles. The quantitative estimate of drug-likeness (QED) is 0.834. The van der Waals surface area contributed by atoms with Crippen LogP contribution in [0.1, 0.15) is 17.3 Å². The van der Waals surface area contributed by atoms with Crippen LogP contribution in [0.25, 0.3) is 10.9 Å². The first-order valence-corrected chi connectivity index (χ1v) is 6.21. The van der Waals surface area contributed by atoms with Crippen LogP contribution < -0.4 is 0 Å². The van der Waals surface area contributed by atoms with Crippen molar-refractivity contribution in [2.45, 2.75) is 13.0 Å². The van der Waals surface area contributed by atoms with Crippen molar-refractivity contribution in [3.8, 4) is 0 Å². The fourth-order valence-corrected chi connectivity index (χ4v) is 2.38. The van der Waals surface area contributed by atoms with Crippen LogP contribution in [0.3, 0.4) is 0 Å². The Balaban J connectivity index is 1.90. The van der Waals surface area contributed by atoms with E-state index in [0.717, 1.165) is 16.5 Å². The SMILES string of the molecule is C[C@@H]1COCCN1C(=O)c1ccc2[nH]ccc2c1. The molecule has 18 heavy (non-hydrogen) atoms. The molecule has 1 aliphatic heterocycles. The molecule has 0 unspecified atom stereocenters. The highest BCUT2D eigenvalue weighted by Gasteiger charge is 2.24. The first-order valence-electron chi connectivity index (χ1n) is 6.21. The summed E-state index contributed by atoms with van der Waals surface area (Å²) < 4.78 is 5.36. The molecule has 2 aromatic rings. The second-order valence-electron chi connectivity index (χ2n) is 4.70. The van der Waals surface area contributed by atoms with Gasteiger partial charge in [0.2, 0.25) is 0 Å². The Bertz CT molecular complexity index is 576. The van der Waals surface area contributed by atoms with Crippen molar-refractivity contribution in [1.29, 1.82) is 0 Å². The van der Waals surface area contributed by atoms with E-state index in [9.17, 15) is 4.79 Å². The number of hydrogen-bond acceptors (Lipinski definition) is 2. The highest BCUT2D eigenvalue weighted by Crippen LogP contribution is 2.17. The molecule has 4 nitrogen and oxygen atoms in total. The van der Waals surface area contributed by atoms with Gasteiger partial charge in [0.1, 0.15) is 0 Å². The number of fused-ring (bicyclic) bond motifs is 1. The number of rotatable bonds is 1. The largest absolute Gasteiger partial charge is 0.377 e. The van der Waals surface area contributed by atoms with Gasteiger partial charge in [-0.1, -0.05) is 0 Å². The zero-order chi connectivity index (χ0) is 12.5. The van der Waals surface area contributed by atoms with Gasteiger partial charge in [-0.3, -0.25) is 4.79 Å². The number of nitrogens with zero attached hydrogens (tertiary/aromatic N) is 1. The van der Waals surface area contributed by atoms with E-state index in [1.54, 1.807) is 0 Å². The van der Waals surface area contributed by atoms with Crippen LogP contribution in [0.5, 0.6) is 0 Å². The second-order valence-corrected chi connectivity index (χ2v) is 4.70. The highest BCUT2D eigenvalue weighted by molar-refractivity contribution is 5.98. The molecular formula is C14H16N2O2. The maximum Gasteiger partial charge on any atom is 0.254 e. The Hall–Kier alpha value is -1.81. The van der Waals surface area contributed by atoms with Gasteiger partial charge in [-0.2, -0.15) is 0 Å². The molecular weight excluding hydrogens is 228 g/mol. The predicted octanol–water partition coefficient (Wildman–Crippen LogP) is 2.03. The number of nitrogens with one attached hydrogen (secondary N) is 1. The van der Waals surface area contributed by atoms with Crippen molar-refractivity contribution < 1.29 is 9.53 Å². The first-order chi connectivity index (χ1) is 8.75. The number of amides is 1. The van der Waals surface area contributed by atoms with Gasteiger partial charge in [-0.25, -0.2) is 0 Å². The molecule has 1 aromatic heterocycles. The summed E-state index contributed by atoms with van der Waals surface area (Å²) in [5, 5.41) is 1.07. The molecule has 4 heteroatoms. The summed E-state index contributed by atoms with van der Waals surface area (Å²) in [6.07, 6.45) is 1.89. The van der Waals surface area contributed by atoms with E-state index >= 15 is 0 Å². The maximum atomic E-state index is 12.4. The number of morpholine rings is 1. The maximum absolute atomic E-state index is 12.4. The zero-order valence-corrected chi connectivity index (χ0v) is 10.3. The summed E-state index contributed by atoms with van der Waals surface area (Å²) in [5.41, 5.74) is 1.80. The average Bonchev–Trinajstić information content (AvgIpc) is 2.85. The van der Waals surface area contributed by atoms with E-state index in [2.05, 4.69) is 4.98 Å². The lowest BCUT2D eigenvalue weighted by Crippen LogP contribution is -2.47. The van der Waals surface area contributed by atoms with Crippen LogP contribution in [0.2, 0.25) is 0 Å². The number of benzene rings is 1. The molecule has 1 amide bonds. The Morgan fingerprint density at radius 1 is 1.44 bits per heavy atom.